The number of nitrogens with zero attached hydrogens (tertiary/aromatic N) is 2. The van der Waals surface area contributed by atoms with E-state index in [2.05, 4.69) is 15.4 Å². The van der Waals surface area contributed by atoms with Crippen molar-refractivity contribution >= 4 is 23.3 Å². The van der Waals surface area contributed by atoms with Gasteiger partial charge in [-0.05, 0) is 24.6 Å². The molecular formula is C17H19ClN4O5. The summed E-state index contributed by atoms with van der Waals surface area (Å²) < 4.78 is 16.0. The molecule has 9 nitrogen and oxygen atoms in total. The second-order valence-electron chi connectivity index (χ2n) is 5.85. The number of methoxy groups -OCH3 is 3. The molecule has 0 aliphatic carbocycles. The molecule has 0 spiro atoms. The van der Waals surface area contributed by atoms with Crippen LogP contribution in [0.3, 0.4) is 0 Å². The quantitative estimate of drug-likeness (QED) is 0.562. The minimum Gasteiger partial charge on any atom is -0.493 e. The normalized spacial score (nSPS) is 19.4. The molecular weight excluding hydrogens is 376 g/mol. The molecule has 2 aromatic rings. The van der Waals surface area contributed by atoms with Crippen LogP contribution < -0.4 is 25.2 Å². The van der Waals surface area contributed by atoms with Crippen LogP contribution in [0.4, 0.5) is 5.95 Å². The summed E-state index contributed by atoms with van der Waals surface area (Å²) in [5.74, 6) is 1.23. The first kappa shape index (κ1) is 19.0. The van der Waals surface area contributed by atoms with Crippen LogP contribution in [0.2, 0.25) is 0 Å². The molecule has 0 amide bonds. The van der Waals surface area contributed by atoms with Crippen molar-refractivity contribution in [1.29, 1.82) is 0 Å². The number of hydrazine groups is 1. The lowest BCUT2D eigenvalue weighted by Gasteiger charge is -2.43. The van der Waals surface area contributed by atoms with E-state index in [0.29, 0.717) is 28.5 Å². The minimum absolute atomic E-state index is 0.190. The number of ether oxygens (including phenoxy) is 3. The number of halogens is 1. The Labute approximate surface area is 160 Å². The zero-order chi connectivity index (χ0) is 19.7. The predicted octanol–water partition coefficient (Wildman–Crippen LogP) is 1.62. The number of nitrogens with one attached hydrogen (secondary N) is 2. The topological polar surface area (TPSA) is 106 Å². The molecule has 144 valence electrons. The summed E-state index contributed by atoms with van der Waals surface area (Å²) in [6.07, 6.45) is 0. The highest BCUT2D eigenvalue weighted by atomic mass is 35.5. The highest BCUT2D eigenvalue weighted by Crippen LogP contribution is 2.44. The summed E-state index contributed by atoms with van der Waals surface area (Å²) in [7, 11) is 4.48. The fraction of sp³-hybridized carbons (Fsp3) is 0.353. The van der Waals surface area contributed by atoms with Gasteiger partial charge in [0.2, 0.25) is 11.7 Å². The van der Waals surface area contributed by atoms with Crippen LogP contribution in [-0.4, -0.2) is 47.6 Å². The van der Waals surface area contributed by atoms with Crippen molar-refractivity contribution in [3.8, 4) is 17.2 Å². The Morgan fingerprint density at radius 3 is 2.26 bits per heavy atom. The highest BCUT2D eigenvalue weighted by molar-refractivity contribution is 6.34. The third-order valence-corrected chi connectivity index (χ3v) is 4.56. The second kappa shape index (κ2) is 7.45. The monoisotopic (exact) mass is 394 g/mol. The van der Waals surface area contributed by atoms with Gasteiger partial charge in [0.1, 0.15) is 6.04 Å². The number of aryl methyl sites for hydroxylation is 1. The number of hydrogen-bond donors (Lipinski definition) is 2. The molecule has 0 radical (unpaired) electrons. The van der Waals surface area contributed by atoms with Crippen LogP contribution in [0.5, 0.6) is 17.2 Å². The average Bonchev–Trinajstić information content (AvgIpc) is 2.65. The molecule has 2 heterocycles. The Hall–Kier alpha value is -2.78. The summed E-state index contributed by atoms with van der Waals surface area (Å²) >= 11 is 6.15. The van der Waals surface area contributed by atoms with Crippen LogP contribution in [0.1, 0.15) is 17.3 Å². The maximum Gasteiger partial charge on any atom is 0.252 e. The fourth-order valence-electron chi connectivity index (χ4n) is 2.91. The van der Waals surface area contributed by atoms with E-state index in [1.54, 1.807) is 19.1 Å². The number of ketones is 1. The number of carbonyl (C=O) groups is 1. The number of H-pyrrole nitrogens is 1. The fourth-order valence-corrected chi connectivity index (χ4v) is 3.19. The number of anilines is 1. The minimum atomic E-state index is -0.917. The number of benzene rings is 1. The Morgan fingerprint density at radius 1 is 1.11 bits per heavy atom. The third kappa shape index (κ3) is 3.43. The van der Waals surface area contributed by atoms with Gasteiger partial charge < -0.3 is 14.2 Å². The van der Waals surface area contributed by atoms with Crippen molar-refractivity contribution in [2.45, 2.75) is 18.5 Å². The Kier molecular flexibility index (Phi) is 5.24. The molecule has 0 unspecified atom stereocenters. The molecule has 1 aromatic carbocycles. The third-order valence-electron chi connectivity index (χ3n) is 4.13. The van der Waals surface area contributed by atoms with Gasteiger partial charge >= 0.3 is 0 Å². The van der Waals surface area contributed by atoms with Gasteiger partial charge in [0.05, 0.1) is 21.3 Å². The van der Waals surface area contributed by atoms with Crippen molar-refractivity contribution in [1.82, 2.24) is 15.0 Å². The molecule has 27 heavy (non-hydrogen) atoms. The first-order chi connectivity index (χ1) is 12.9. The maximum atomic E-state index is 12.4. The van der Waals surface area contributed by atoms with Gasteiger partial charge in [-0.2, -0.15) is 5.01 Å². The standard InChI is InChI=1S/C17H19ClN4O5/c1-8-5-12(23)20-17(19-8)21-22-13(14(24)16(22)18)9-6-10(25-2)15(27-4)11(7-9)26-3/h5-7,13,16H,1-4H3,(H2,19,20,21,23)/t13-,16+/m0/s1. The van der Waals surface area contributed by atoms with E-state index in [0.717, 1.165) is 0 Å². The van der Waals surface area contributed by atoms with E-state index in [1.165, 1.54) is 32.4 Å². The van der Waals surface area contributed by atoms with Crippen molar-refractivity contribution in [3.05, 3.63) is 39.8 Å². The highest BCUT2D eigenvalue weighted by Gasteiger charge is 2.48. The van der Waals surface area contributed by atoms with Crippen LogP contribution in [0.15, 0.2) is 23.0 Å². The Morgan fingerprint density at radius 2 is 1.74 bits per heavy atom. The maximum absolute atomic E-state index is 12.4. The second-order valence-corrected chi connectivity index (χ2v) is 6.27. The molecule has 3 rings (SSSR count). The van der Waals surface area contributed by atoms with Crippen molar-refractivity contribution < 1.29 is 19.0 Å². The zero-order valence-corrected chi connectivity index (χ0v) is 16.0. The van der Waals surface area contributed by atoms with Gasteiger partial charge in [-0.25, -0.2) is 4.98 Å². The number of aromatic nitrogens is 2. The molecule has 1 aromatic heterocycles. The van der Waals surface area contributed by atoms with Crippen molar-refractivity contribution in [2.24, 2.45) is 0 Å². The first-order valence-corrected chi connectivity index (χ1v) is 8.44. The Bertz CT molecular complexity index is 907. The molecule has 1 saturated heterocycles. The van der Waals surface area contributed by atoms with Gasteiger partial charge in [-0.1, -0.05) is 11.6 Å². The van der Waals surface area contributed by atoms with Crippen molar-refractivity contribution in [3.63, 3.8) is 0 Å². The first-order valence-electron chi connectivity index (χ1n) is 8.00. The van der Waals surface area contributed by atoms with Gasteiger partial charge in [-0.15, -0.1) is 0 Å². The van der Waals surface area contributed by atoms with Crippen molar-refractivity contribution in [2.75, 3.05) is 26.8 Å². The number of Topliss-reactive ketones (excluding diaryl/α,β-unsaturated/α-hetero) is 1. The lowest BCUT2D eigenvalue weighted by molar-refractivity contribution is -0.137. The zero-order valence-electron chi connectivity index (χ0n) is 15.2. The summed E-state index contributed by atoms with van der Waals surface area (Å²) in [5.41, 5.74) is 2.79. The molecule has 2 atom stereocenters. The average molecular weight is 395 g/mol. The van der Waals surface area contributed by atoms with Crippen LogP contribution in [0, 0.1) is 6.92 Å². The molecule has 0 saturated carbocycles. The summed E-state index contributed by atoms with van der Waals surface area (Å²) in [6, 6.07) is 4.00. The van der Waals surface area contributed by atoms with Gasteiger partial charge in [0.25, 0.3) is 5.56 Å². The van der Waals surface area contributed by atoms with E-state index in [9.17, 15) is 9.59 Å². The van der Waals surface area contributed by atoms with E-state index in [4.69, 9.17) is 25.8 Å². The lowest BCUT2D eigenvalue weighted by Crippen LogP contribution is -2.59. The van der Waals surface area contributed by atoms with E-state index in [-0.39, 0.29) is 17.3 Å². The molecule has 10 heteroatoms. The molecule has 1 aliphatic rings. The smallest absolute Gasteiger partial charge is 0.252 e. The summed E-state index contributed by atoms with van der Waals surface area (Å²) in [6.45, 7) is 1.69. The number of aromatic amines is 1. The molecule has 1 fully saturated rings. The van der Waals surface area contributed by atoms with Gasteiger partial charge in [0, 0.05) is 11.8 Å². The van der Waals surface area contributed by atoms with Crippen LogP contribution in [-0.2, 0) is 4.79 Å². The molecule has 1 aliphatic heterocycles. The predicted molar refractivity (Wildman–Crippen MR) is 98.5 cm³/mol. The largest absolute Gasteiger partial charge is 0.493 e. The van der Waals surface area contributed by atoms with E-state index in [1.807, 2.05) is 0 Å². The number of hydrogen-bond acceptors (Lipinski definition) is 8. The summed E-state index contributed by atoms with van der Waals surface area (Å²) in [4.78, 5) is 30.8. The molecule has 0 bridgehead atoms. The molecule has 2 N–H and O–H groups in total. The SMILES string of the molecule is COc1cc([C@H]2C(=O)[C@H](Cl)N2Nc2nc(C)cc(=O)[nH]2)cc(OC)c1OC. The summed E-state index contributed by atoms with van der Waals surface area (Å²) in [5, 5.41) is 1.49. The number of carbonyl (C=O) groups excluding carboxylic acids is 1. The van der Waals surface area contributed by atoms with Crippen LogP contribution >= 0.6 is 11.6 Å². The van der Waals surface area contributed by atoms with Gasteiger partial charge in [0.15, 0.2) is 22.8 Å². The Balaban J connectivity index is 1.97. The lowest BCUT2D eigenvalue weighted by atomic mass is 9.94. The van der Waals surface area contributed by atoms with E-state index < -0.39 is 11.5 Å². The van der Waals surface area contributed by atoms with Crippen LogP contribution in [0.25, 0.3) is 0 Å². The van der Waals surface area contributed by atoms with E-state index >= 15 is 0 Å². The van der Waals surface area contributed by atoms with Gasteiger partial charge in [-0.3, -0.25) is 20.0 Å². The number of rotatable bonds is 6. The number of alkyl halides is 1.